The summed E-state index contributed by atoms with van der Waals surface area (Å²) in [6.07, 6.45) is -2.73. The molecule has 0 aliphatic carbocycles. The molecule has 7 heteroatoms. The average molecular weight is 344 g/mol. The van der Waals surface area contributed by atoms with Crippen molar-refractivity contribution in [3.63, 3.8) is 0 Å². The van der Waals surface area contributed by atoms with E-state index in [9.17, 15) is 18.0 Å². The van der Waals surface area contributed by atoms with E-state index in [0.717, 1.165) is 17.9 Å². The fourth-order valence-electron chi connectivity index (χ4n) is 2.81. The second-order valence-corrected chi connectivity index (χ2v) is 6.61. The van der Waals surface area contributed by atoms with Gasteiger partial charge in [0.1, 0.15) is 5.75 Å². The molecule has 0 bridgehead atoms. The van der Waals surface area contributed by atoms with Crippen molar-refractivity contribution in [3.8, 4) is 5.75 Å². The molecular formula is C17H23F3N2O2. The SMILES string of the molecule is CCCCOc1cccc(C(N2NC(=O)CC2(C)C)C(F)(F)F)c1. The lowest BCUT2D eigenvalue weighted by Crippen LogP contribution is -2.51. The van der Waals surface area contributed by atoms with Crippen molar-refractivity contribution < 1.29 is 22.7 Å². The molecule has 0 radical (unpaired) electrons. The Morgan fingerprint density at radius 3 is 2.62 bits per heavy atom. The highest BCUT2D eigenvalue weighted by Crippen LogP contribution is 2.43. The summed E-state index contributed by atoms with van der Waals surface area (Å²) >= 11 is 0. The first kappa shape index (κ1) is 18.6. The molecule has 24 heavy (non-hydrogen) atoms. The third-order valence-electron chi connectivity index (χ3n) is 4.00. The van der Waals surface area contributed by atoms with Gasteiger partial charge < -0.3 is 4.74 Å². The summed E-state index contributed by atoms with van der Waals surface area (Å²) in [5.74, 6) is -0.0110. The van der Waals surface area contributed by atoms with E-state index in [0.29, 0.717) is 12.4 Å². The Labute approximate surface area is 139 Å². The van der Waals surface area contributed by atoms with Crippen LogP contribution in [-0.4, -0.2) is 29.2 Å². The van der Waals surface area contributed by atoms with Crippen molar-refractivity contribution in [2.45, 2.75) is 57.8 Å². The first-order valence-electron chi connectivity index (χ1n) is 8.03. The lowest BCUT2D eigenvalue weighted by Gasteiger charge is -2.38. The van der Waals surface area contributed by atoms with Gasteiger partial charge in [0.15, 0.2) is 6.04 Å². The standard InChI is InChI=1S/C17H23F3N2O2/c1-4-5-9-24-13-8-6-7-12(10-13)15(17(18,19)20)22-16(2,3)11-14(23)21-22/h6-8,10,15H,4-5,9,11H2,1-3H3,(H,21,23). The Kier molecular flexibility index (Phi) is 5.42. The number of ether oxygens (including phenoxy) is 1. The molecule has 1 saturated heterocycles. The lowest BCUT2D eigenvalue weighted by atomic mass is 9.97. The molecule has 0 aromatic heterocycles. The molecule has 1 unspecified atom stereocenters. The van der Waals surface area contributed by atoms with Gasteiger partial charge in [-0.05, 0) is 38.0 Å². The van der Waals surface area contributed by atoms with Crippen molar-refractivity contribution in [2.24, 2.45) is 0 Å². The number of hydrazine groups is 1. The van der Waals surface area contributed by atoms with Crippen LogP contribution in [0.4, 0.5) is 13.2 Å². The van der Waals surface area contributed by atoms with Gasteiger partial charge in [0.25, 0.3) is 0 Å². The van der Waals surface area contributed by atoms with Crippen molar-refractivity contribution in [2.75, 3.05) is 6.61 Å². The van der Waals surface area contributed by atoms with E-state index in [1.54, 1.807) is 26.0 Å². The highest BCUT2D eigenvalue weighted by Gasteiger charge is 2.53. The van der Waals surface area contributed by atoms with Gasteiger partial charge in [-0.3, -0.25) is 10.2 Å². The summed E-state index contributed by atoms with van der Waals surface area (Å²) in [5.41, 5.74) is 1.47. The van der Waals surface area contributed by atoms with Gasteiger partial charge in [0.2, 0.25) is 5.91 Å². The molecule has 1 aromatic carbocycles. The fraction of sp³-hybridized carbons (Fsp3) is 0.588. The van der Waals surface area contributed by atoms with Crippen LogP contribution < -0.4 is 10.2 Å². The predicted molar refractivity (Wildman–Crippen MR) is 84.3 cm³/mol. The van der Waals surface area contributed by atoms with Crippen LogP contribution in [0.3, 0.4) is 0 Å². The zero-order valence-electron chi connectivity index (χ0n) is 14.1. The van der Waals surface area contributed by atoms with E-state index >= 15 is 0 Å². The van der Waals surface area contributed by atoms with E-state index in [2.05, 4.69) is 5.43 Å². The van der Waals surface area contributed by atoms with E-state index < -0.39 is 23.7 Å². The topological polar surface area (TPSA) is 41.6 Å². The molecule has 1 aromatic rings. The number of carbonyl (C=O) groups is 1. The van der Waals surface area contributed by atoms with E-state index in [4.69, 9.17) is 4.74 Å². The molecule has 1 heterocycles. The molecule has 1 N–H and O–H groups in total. The van der Waals surface area contributed by atoms with Crippen molar-refractivity contribution >= 4 is 5.91 Å². The number of hydrogen-bond donors (Lipinski definition) is 1. The molecule has 1 atom stereocenters. The fourth-order valence-corrected chi connectivity index (χ4v) is 2.81. The van der Waals surface area contributed by atoms with Crippen LogP contribution in [0.15, 0.2) is 24.3 Å². The number of unbranched alkanes of at least 4 members (excludes halogenated alkanes) is 1. The molecule has 0 saturated carbocycles. The van der Waals surface area contributed by atoms with Crippen LogP contribution in [0.25, 0.3) is 0 Å². The Balaban J connectivity index is 2.32. The predicted octanol–water partition coefficient (Wildman–Crippen LogP) is 3.98. The second-order valence-electron chi connectivity index (χ2n) is 6.61. The van der Waals surface area contributed by atoms with Crippen molar-refractivity contribution in [1.29, 1.82) is 0 Å². The highest BCUT2D eigenvalue weighted by atomic mass is 19.4. The number of amides is 1. The number of carbonyl (C=O) groups excluding carboxylic acids is 1. The molecule has 0 spiro atoms. The van der Waals surface area contributed by atoms with Gasteiger partial charge in [0.05, 0.1) is 6.61 Å². The first-order chi connectivity index (χ1) is 11.1. The minimum atomic E-state index is -4.53. The van der Waals surface area contributed by atoms with Crippen LogP contribution >= 0.6 is 0 Å². The zero-order chi connectivity index (χ0) is 18.0. The summed E-state index contributed by atoms with van der Waals surface area (Å²) in [4.78, 5) is 11.6. The quantitative estimate of drug-likeness (QED) is 0.794. The molecule has 1 fully saturated rings. The van der Waals surface area contributed by atoms with Crippen LogP contribution in [0.2, 0.25) is 0 Å². The number of alkyl halides is 3. The third-order valence-corrected chi connectivity index (χ3v) is 4.00. The number of nitrogens with one attached hydrogen (secondary N) is 1. The molecule has 1 aliphatic rings. The normalized spacial score (nSPS) is 19.2. The average Bonchev–Trinajstić information content (AvgIpc) is 2.71. The number of hydrogen-bond acceptors (Lipinski definition) is 3. The van der Waals surface area contributed by atoms with E-state index in [1.165, 1.54) is 12.1 Å². The van der Waals surface area contributed by atoms with Gasteiger partial charge in [-0.25, -0.2) is 0 Å². The Bertz CT molecular complexity index is 587. The van der Waals surface area contributed by atoms with Crippen LogP contribution in [0, 0.1) is 0 Å². The van der Waals surface area contributed by atoms with Gasteiger partial charge in [-0.15, -0.1) is 0 Å². The van der Waals surface area contributed by atoms with E-state index in [-0.39, 0.29) is 12.0 Å². The highest BCUT2D eigenvalue weighted by molar-refractivity contribution is 5.79. The third kappa shape index (κ3) is 4.20. The summed E-state index contributed by atoms with van der Waals surface area (Å²) in [6, 6.07) is 4.06. The summed E-state index contributed by atoms with van der Waals surface area (Å²) in [7, 11) is 0. The Morgan fingerprint density at radius 1 is 1.38 bits per heavy atom. The Hall–Kier alpha value is -1.76. The molecule has 134 valence electrons. The maximum Gasteiger partial charge on any atom is 0.409 e. The molecular weight excluding hydrogens is 321 g/mol. The number of rotatable bonds is 6. The van der Waals surface area contributed by atoms with Gasteiger partial charge in [-0.1, -0.05) is 25.5 Å². The summed E-state index contributed by atoms with van der Waals surface area (Å²) in [5, 5.41) is 1.00. The maximum absolute atomic E-state index is 13.7. The lowest BCUT2D eigenvalue weighted by molar-refractivity contribution is -0.203. The van der Waals surface area contributed by atoms with Gasteiger partial charge in [-0.2, -0.15) is 18.2 Å². The molecule has 1 aliphatic heterocycles. The minimum Gasteiger partial charge on any atom is -0.494 e. The molecule has 4 nitrogen and oxygen atoms in total. The summed E-state index contributed by atoms with van der Waals surface area (Å²) in [6.45, 7) is 5.71. The number of benzene rings is 1. The molecule has 1 amide bonds. The Morgan fingerprint density at radius 2 is 2.08 bits per heavy atom. The van der Waals surface area contributed by atoms with Crippen LogP contribution in [0.5, 0.6) is 5.75 Å². The van der Waals surface area contributed by atoms with Crippen molar-refractivity contribution in [3.05, 3.63) is 29.8 Å². The minimum absolute atomic E-state index is 0.0201. The van der Waals surface area contributed by atoms with Gasteiger partial charge >= 0.3 is 6.18 Å². The van der Waals surface area contributed by atoms with Crippen LogP contribution in [0.1, 0.15) is 51.6 Å². The maximum atomic E-state index is 13.7. The number of halogens is 3. The van der Waals surface area contributed by atoms with Gasteiger partial charge in [0, 0.05) is 12.0 Å². The smallest absolute Gasteiger partial charge is 0.409 e. The van der Waals surface area contributed by atoms with Crippen LogP contribution in [-0.2, 0) is 4.79 Å². The second kappa shape index (κ2) is 7.01. The van der Waals surface area contributed by atoms with E-state index in [1.807, 2.05) is 6.92 Å². The monoisotopic (exact) mass is 344 g/mol. The molecule has 2 rings (SSSR count). The zero-order valence-corrected chi connectivity index (χ0v) is 14.1. The van der Waals surface area contributed by atoms with Crippen molar-refractivity contribution in [1.82, 2.24) is 10.4 Å². The summed E-state index contributed by atoms with van der Waals surface area (Å²) < 4.78 is 46.7. The number of nitrogens with zero attached hydrogens (tertiary/aromatic N) is 1. The largest absolute Gasteiger partial charge is 0.494 e. The first-order valence-corrected chi connectivity index (χ1v) is 8.03.